The van der Waals surface area contributed by atoms with Crippen molar-refractivity contribution in [3.8, 4) is 0 Å². The van der Waals surface area contributed by atoms with Crippen molar-refractivity contribution in [3.05, 3.63) is 30.0 Å². The number of amides is 2. The van der Waals surface area contributed by atoms with Gasteiger partial charge in [-0.1, -0.05) is 6.07 Å². The monoisotopic (exact) mass is 369 g/mol. The molecule has 1 aromatic heterocycles. The molecule has 4 rings (SSSR count). The van der Waals surface area contributed by atoms with Gasteiger partial charge in [0.2, 0.25) is 11.8 Å². The van der Waals surface area contributed by atoms with Gasteiger partial charge in [0.1, 0.15) is 0 Å². The zero-order valence-corrected chi connectivity index (χ0v) is 15.3. The van der Waals surface area contributed by atoms with E-state index in [1.807, 2.05) is 29.1 Å². The van der Waals surface area contributed by atoms with Crippen LogP contribution in [0.25, 0.3) is 10.9 Å². The van der Waals surface area contributed by atoms with E-state index in [2.05, 4.69) is 10.4 Å². The number of benzene rings is 1. The topological polar surface area (TPSA) is 90.3 Å². The van der Waals surface area contributed by atoms with Gasteiger partial charge in [-0.3, -0.25) is 24.4 Å². The minimum atomic E-state index is -0.286. The molecule has 7 heteroatoms. The van der Waals surface area contributed by atoms with Crippen LogP contribution in [0.5, 0.6) is 0 Å². The highest BCUT2D eigenvalue weighted by molar-refractivity contribution is 6.01. The van der Waals surface area contributed by atoms with Crippen molar-refractivity contribution in [3.63, 3.8) is 0 Å². The molecule has 1 saturated carbocycles. The number of nitrogens with one attached hydrogen (secondary N) is 1. The van der Waals surface area contributed by atoms with Crippen molar-refractivity contribution in [2.24, 2.45) is 5.92 Å². The molecule has 2 amide bonds. The number of hydrogen-bond donors (Lipinski definition) is 1. The maximum absolute atomic E-state index is 12.1. The molecule has 2 aliphatic rings. The van der Waals surface area contributed by atoms with Crippen LogP contribution >= 0.6 is 0 Å². The summed E-state index contributed by atoms with van der Waals surface area (Å²) in [6.07, 6.45) is 6.36. The highest BCUT2D eigenvalue weighted by Gasteiger charge is 2.29. The Balaban J connectivity index is 1.51. The van der Waals surface area contributed by atoms with E-state index in [4.69, 9.17) is 4.74 Å². The number of fused-ring (bicyclic) bond motifs is 1. The van der Waals surface area contributed by atoms with E-state index in [0.717, 1.165) is 42.1 Å². The number of rotatable bonds is 3. The molecule has 1 saturated heterocycles. The van der Waals surface area contributed by atoms with Crippen LogP contribution in [0.2, 0.25) is 0 Å². The van der Waals surface area contributed by atoms with Crippen molar-refractivity contribution in [2.75, 3.05) is 7.11 Å². The van der Waals surface area contributed by atoms with E-state index in [9.17, 15) is 14.4 Å². The summed E-state index contributed by atoms with van der Waals surface area (Å²) in [7, 11) is 1.44. The standard InChI is InChI=1S/C20H23N3O4/c1-27-20(26)12-2-5-15(6-3-12)23-11-14-10-13(4-8-17(14)22-23)16-7-9-18(24)21-19(16)25/h4,8,10-12,15-16H,2-3,5-7,9H2,1H3,(H,21,24,25). The van der Waals surface area contributed by atoms with Crippen LogP contribution in [0.4, 0.5) is 0 Å². The van der Waals surface area contributed by atoms with Crippen molar-refractivity contribution in [1.29, 1.82) is 0 Å². The van der Waals surface area contributed by atoms with Crippen LogP contribution in [0.1, 0.15) is 56.0 Å². The Morgan fingerprint density at radius 2 is 1.96 bits per heavy atom. The van der Waals surface area contributed by atoms with Crippen LogP contribution in [0, 0.1) is 5.92 Å². The minimum Gasteiger partial charge on any atom is -0.469 e. The lowest BCUT2D eigenvalue weighted by Gasteiger charge is -2.26. The third kappa shape index (κ3) is 3.46. The van der Waals surface area contributed by atoms with E-state index >= 15 is 0 Å². The van der Waals surface area contributed by atoms with Crippen molar-refractivity contribution >= 4 is 28.7 Å². The average Bonchev–Trinajstić information content (AvgIpc) is 3.11. The SMILES string of the molecule is COC(=O)C1CCC(n2cc3cc(C4CCC(=O)NC4=O)ccc3n2)CC1. The second-order valence-corrected chi connectivity index (χ2v) is 7.46. The Hall–Kier alpha value is -2.70. The maximum Gasteiger partial charge on any atom is 0.308 e. The van der Waals surface area contributed by atoms with Crippen molar-refractivity contribution in [2.45, 2.75) is 50.5 Å². The van der Waals surface area contributed by atoms with Gasteiger partial charge in [0.25, 0.3) is 0 Å². The van der Waals surface area contributed by atoms with Crippen LogP contribution in [0.3, 0.4) is 0 Å². The van der Waals surface area contributed by atoms with Crippen LogP contribution in [-0.2, 0) is 19.1 Å². The molecular weight excluding hydrogens is 346 g/mol. The maximum atomic E-state index is 12.1. The molecule has 1 atom stereocenters. The predicted octanol–water partition coefficient (Wildman–Crippen LogP) is 2.46. The van der Waals surface area contributed by atoms with Crippen molar-refractivity contribution < 1.29 is 19.1 Å². The van der Waals surface area contributed by atoms with E-state index in [0.29, 0.717) is 12.8 Å². The summed E-state index contributed by atoms with van der Waals surface area (Å²) >= 11 is 0. The summed E-state index contributed by atoms with van der Waals surface area (Å²) in [5, 5.41) is 8.10. The number of aromatic nitrogens is 2. The zero-order chi connectivity index (χ0) is 19.0. The number of carbonyl (C=O) groups excluding carboxylic acids is 3. The Morgan fingerprint density at radius 3 is 2.67 bits per heavy atom. The fraction of sp³-hybridized carbons (Fsp3) is 0.500. The molecule has 1 N–H and O–H groups in total. The number of nitrogens with zero attached hydrogens (tertiary/aromatic N) is 2. The second kappa shape index (κ2) is 7.13. The zero-order valence-electron chi connectivity index (χ0n) is 15.3. The molecule has 2 heterocycles. The Kier molecular flexibility index (Phi) is 4.68. The van der Waals surface area contributed by atoms with E-state index in [1.54, 1.807) is 0 Å². The molecule has 0 spiro atoms. The lowest BCUT2D eigenvalue weighted by atomic mass is 9.86. The molecule has 0 radical (unpaired) electrons. The average molecular weight is 369 g/mol. The molecule has 142 valence electrons. The first-order valence-electron chi connectivity index (χ1n) is 9.45. The van der Waals surface area contributed by atoms with Gasteiger partial charge in [-0.15, -0.1) is 0 Å². The van der Waals surface area contributed by atoms with Gasteiger partial charge >= 0.3 is 5.97 Å². The molecule has 1 aliphatic heterocycles. The number of piperidine rings is 1. The van der Waals surface area contributed by atoms with Gasteiger partial charge in [0.05, 0.1) is 30.5 Å². The molecule has 1 aliphatic carbocycles. The quantitative estimate of drug-likeness (QED) is 0.663. The molecule has 2 aromatic rings. The predicted molar refractivity (Wildman–Crippen MR) is 97.9 cm³/mol. The summed E-state index contributed by atoms with van der Waals surface area (Å²) in [6.45, 7) is 0. The largest absolute Gasteiger partial charge is 0.469 e. The lowest BCUT2D eigenvalue weighted by Crippen LogP contribution is -2.39. The van der Waals surface area contributed by atoms with Crippen LogP contribution in [-0.4, -0.2) is 34.7 Å². The number of methoxy groups -OCH3 is 1. The fourth-order valence-electron chi connectivity index (χ4n) is 4.22. The van der Waals surface area contributed by atoms with E-state index < -0.39 is 0 Å². The highest BCUT2D eigenvalue weighted by Crippen LogP contribution is 2.34. The molecule has 2 fully saturated rings. The first kappa shape index (κ1) is 17.7. The van der Waals surface area contributed by atoms with Gasteiger partial charge in [0.15, 0.2) is 0 Å². The first-order valence-corrected chi connectivity index (χ1v) is 9.45. The molecule has 7 nitrogen and oxygen atoms in total. The smallest absolute Gasteiger partial charge is 0.308 e. The van der Waals surface area contributed by atoms with Gasteiger partial charge in [-0.2, -0.15) is 5.10 Å². The minimum absolute atomic E-state index is 0.00430. The Morgan fingerprint density at radius 1 is 1.19 bits per heavy atom. The first-order chi connectivity index (χ1) is 13.0. The number of carbonyl (C=O) groups is 3. The number of ether oxygens (including phenoxy) is 1. The highest BCUT2D eigenvalue weighted by atomic mass is 16.5. The summed E-state index contributed by atoms with van der Waals surface area (Å²) in [5.74, 6) is -0.832. The molecule has 27 heavy (non-hydrogen) atoms. The Bertz CT molecular complexity index is 896. The third-order valence-corrected chi connectivity index (χ3v) is 5.79. The summed E-state index contributed by atoms with van der Waals surface area (Å²) < 4.78 is 6.84. The third-order valence-electron chi connectivity index (χ3n) is 5.79. The number of esters is 1. The van der Waals surface area contributed by atoms with E-state index in [1.165, 1.54) is 7.11 Å². The fourth-order valence-corrected chi connectivity index (χ4v) is 4.22. The second-order valence-electron chi connectivity index (χ2n) is 7.46. The van der Waals surface area contributed by atoms with E-state index in [-0.39, 0.29) is 35.7 Å². The van der Waals surface area contributed by atoms with Gasteiger partial charge in [-0.25, -0.2) is 0 Å². The summed E-state index contributed by atoms with van der Waals surface area (Å²) in [5.41, 5.74) is 1.81. The number of hydrogen-bond acceptors (Lipinski definition) is 5. The van der Waals surface area contributed by atoms with Crippen LogP contribution in [0.15, 0.2) is 24.4 Å². The number of imide groups is 1. The van der Waals surface area contributed by atoms with Crippen molar-refractivity contribution in [1.82, 2.24) is 15.1 Å². The van der Waals surface area contributed by atoms with Crippen LogP contribution < -0.4 is 5.32 Å². The molecule has 0 bridgehead atoms. The summed E-state index contributed by atoms with van der Waals surface area (Å²) in [6, 6.07) is 6.13. The molecule has 1 aromatic carbocycles. The van der Waals surface area contributed by atoms with Gasteiger partial charge < -0.3 is 4.74 Å². The Labute approximate surface area is 157 Å². The molecular formula is C20H23N3O4. The normalized spacial score (nSPS) is 26.0. The molecule has 1 unspecified atom stereocenters. The van der Waals surface area contributed by atoms with Gasteiger partial charge in [0, 0.05) is 18.0 Å². The summed E-state index contributed by atoms with van der Waals surface area (Å²) in [4.78, 5) is 35.2. The van der Waals surface area contributed by atoms with Gasteiger partial charge in [-0.05, 0) is 49.8 Å². The lowest BCUT2D eigenvalue weighted by molar-refractivity contribution is -0.146.